The maximum Gasteiger partial charge on any atom is 0.264 e. The monoisotopic (exact) mass is 175 g/mol. The normalized spacial score (nSPS) is 10.5. The van der Waals surface area contributed by atoms with E-state index in [2.05, 4.69) is 11.7 Å². The first-order valence-corrected chi connectivity index (χ1v) is 3.98. The third-order valence-electron chi connectivity index (χ3n) is 1.82. The number of hydrogen-bond acceptors (Lipinski definition) is 2. The van der Waals surface area contributed by atoms with Gasteiger partial charge in [-0.3, -0.25) is 0 Å². The lowest BCUT2D eigenvalue weighted by Gasteiger charge is -1.90. The van der Waals surface area contributed by atoms with Crippen LogP contribution in [0.15, 0.2) is 37.1 Å². The van der Waals surface area contributed by atoms with Gasteiger partial charge in [0.1, 0.15) is 6.54 Å². The smallest absolute Gasteiger partial charge is 0.264 e. The zero-order chi connectivity index (χ0) is 9.26. The van der Waals surface area contributed by atoms with Crippen molar-refractivity contribution in [2.75, 3.05) is 0 Å². The van der Waals surface area contributed by atoms with Gasteiger partial charge in [-0.25, -0.2) is 4.40 Å². The molecule has 0 saturated heterocycles. The average Bonchev–Trinajstić information content (AvgIpc) is 2.46. The number of fused-ring (bicyclic) bond motifs is 1. The molecule has 0 unspecified atom stereocenters. The molecule has 0 N–H and O–H groups in total. The minimum Gasteiger partial charge on any atom is -0.817 e. The van der Waals surface area contributed by atoms with Crippen LogP contribution in [0, 0.1) is 0 Å². The molecule has 0 bridgehead atoms. The van der Waals surface area contributed by atoms with Crippen LogP contribution >= 0.6 is 0 Å². The van der Waals surface area contributed by atoms with Gasteiger partial charge in [-0.1, -0.05) is 18.7 Å². The van der Waals surface area contributed by atoms with Gasteiger partial charge in [0.05, 0.1) is 6.20 Å². The van der Waals surface area contributed by atoms with Gasteiger partial charge in [0.2, 0.25) is 6.01 Å². The quantitative estimate of drug-likeness (QED) is 0.472. The van der Waals surface area contributed by atoms with Gasteiger partial charge < -0.3 is 5.11 Å². The second-order valence-corrected chi connectivity index (χ2v) is 2.68. The molecule has 4 nitrogen and oxygen atoms in total. The van der Waals surface area contributed by atoms with E-state index in [-0.39, 0.29) is 6.01 Å². The van der Waals surface area contributed by atoms with Crippen LogP contribution in [0.2, 0.25) is 0 Å². The third kappa shape index (κ3) is 1.16. The van der Waals surface area contributed by atoms with E-state index in [1.807, 2.05) is 12.1 Å². The molecular weight excluding hydrogens is 166 g/mol. The fourth-order valence-corrected chi connectivity index (χ4v) is 1.27. The van der Waals surface area contributed by atoms with Crippen molar-refractivity contribution < 1.29 is 9.51 Å². The number of allylic oxidation sites excluding steroid dienone is 1. The summed E-state index contributed by atoms with van der Waals surface area (Å²) < 4.78 is 3.12. The predicted molar refractivity (Wildman–Crippen MR) is 45.0 cm³/mol. The molecule has 13 heavy (non-hydrogen) atoms. The Morgan fingerprint density at radius 1 is 1.62 bits per heavy atom. The average molecular weight is 175 g/mol. The molecule has 0 fully saturated rings. The fraction of sp³-hybridized carbons (Fsp3) is 0.111. The molecule has 0 saturated carbocycles. The lowest BCUT2D eigenvalue weighted by atomic mass is 10.5. The number of hydrogen-bond donors (Lipinski definition) is 0. The van der Waals surface area contributed by atoms with Crippen molar-refractivity contribution in [2.24, 2.45) is 0 Å². The molecule has 4 heteroatoms. The molecule has 0 aliphatic heterocycles. The van der Waals surface area contributed by atoms with Crippen LogP contribution in [-0.4, -0.2) is 9.78 Å². The summed E-state index contributed by atoms with van der Waals surface area (Å²) in [5.41, 5.74) is 0.785. The summed E-state index contributed by atoms with van der Waals surface area (Å²) in [6.45, 7) is 4.15. The first-order chi connectivity index (χ1) is 6.33. The van der Waals surface area contributed by atoms with Crippen molar-refractivity contribution in [3.63, 3.8) is 0 Å². The summed E-state index contributed by atoms with van der Waals surface area (Å²) in [6, 6.07) is 5.26. The lowest BCUT2D eigenvalue weighted by molar-refractivity contribution is -0.586. The summed E-state index contributed by atoms with van der Waals surface area (Å²) in [5.74, 6) is 0. The van der Waals surface area contributed by atoms with Gasteiger partial charge in [0.15, 0.2) is 0 Å². The Balaban J connectivity index is 2.70. The topological polar surface area (TPSA) is 45.0 Å². The van der Waals surface area contributed by atoms with Crippen molar-refractivity contribution in [3.05, 3.63) is 37.1 Å². The SMILES string of the molecule is C=CCn1nc([O-])[n+]2ccccc12. The van der Waals surface area contributed by atoms with Crippen molar-refractivity contribution in [2.45, 2.75) is 6.54 Å². The highest BCUT2D eigenvalue weighted by Crippen LogP contribution is 2.00. The van der Waals surface area contributed by atoms with Crippen molar-refractivity contribution in [1.82, 2.24) is 9.78 Å². The van der Waals surface area contributed by atoms with E-state index in [0.717, 1.165) is 5.65 Å². The van der Waals surface area contributed by atoms with E-state index in [4.69, 9.17) is 0 Å². The number of nitrogens with zero attached hydrogens (tertiary/aromatic N) is 3. The third-order valence-corrected chi connectivity index (χ3v) is 1.82. The fourth-order valence-electron chi connectivity index (χ4n) is 1.27. The summed E-state index contributed by atoms with van der Waals surface area (Å²) in [5, 5.41) is 15.1. The van der Waals surface area contributed by atoms with Gasteiger partial charge in [0.25, 0.3) is 5.65 Å². The van der Waals surface area contributed by atoms with Crippen LogP contribution in [0.4, 0.5) is 0 Å². The maximum absolute atomic E-state index is 11.3. The number of aromatic nitrogens is 3. The van der Waals surface area contributed by atoms with Gasteiger partial charge in [-0.05, 0) is 6.07 Å². The molecule has 2 aromatic rings. The molecular formula is C9H9N3O. The Bertz CT molecular complexity index is 447. The number of rotatable bonds is 2. The van der Waals surface area contributed by atoms with Crippen LogP contribution in [0.1, 0.15) is 0 Å². The van der Waals surface area contributed by atoms with Crippen LogP contribution in [0.3, 0.4) is 0 Å². The second kappa shape index (κ2) is 2.90. The molecule has 0 atom stereocenters. The molecule has 0 aromatic carbocycles. The van der Waals surface area contributed by atoms with E-state index in [1.165, 1.54) is 4.40 Å². The highest BCUT2D eigenvalue weighted by Gasteiger charge is 2.10. The van der Waals surface area contributed by atoms with Crippen LogP contribution in [0.25, 0.3) is 5.65 Å². The zero-order valence-corrected chi connectivity index (χ0v) is 7.05. The lowest BCUT2D eigenvalue weighted by Crippen LogP contribution is -2.23. The van der Waals surface area contributed by atoms with E-state index in [1.54, 1.807) is 23.0 Å². The van der Waals surface area contributed by atoms with E-state index < -0.39 is 0 Å². The van der Waals surface area contributed by atoms with Gasteiger partial charge in [-0.15, -0.1) is 4.68 Å². The first kappa shape index (κ1) is 7.79. The Morgan fingerprint density at radius 3 is 3.23 bits per heavy atom. The summed E-state index contributed by atoms with van der Waals surface area (Å²) in [4.78, 5) is 0. The van der Waals surface area contributed by atoms with Gasteiger partial charge >= 0.3 is 0 Å². The largest absolute Gasteiger partial charge is 0.817 e. The van der Waals surface area contributed by atoms with E-state index in [9.17, 15) is 5.11 Å². The maximum atomic E-state index is 11.3. The van der Waals surface area contributed by atoms with Crippen LogP contribution in [0.5, 0.6) is 6.01 Å². The molecule has 0 amide bonds. The van der Waals surface area contributed by atoms with Gasteiger partial charge in [-0.2, -0.15) is 0 Å². The molecule has 0 aliphatic rings. The number of pyridine rings is 1. The van der Waals surface area contributed by atoms with Crippen molar-refractivity contribution in [1.29, 1.82) is 0 Å². The summed E-state index contributed by atoms with van der Waals surface area (Å²) >= 11 is 0. The Hall–Kier alpha value is -1.84. The Kier molecular flexibility index (Phi) is 1.73. The second-order valence-electron chi connectivity index (χ2n) is 2.68. The Labute approximate surface area is 75.4 Å². The zero-order valence-electron chi connectivity index (χ0n) is 7.05. The highest BCUT2D eigenvalue weighted by atomic mass is 16.3. The minimum absolute atomic E-state index is 0.252. The van der Waals surface area contributed by atoms with E-state index in [0.29, 0.717) is 6.54 Å². The predicted octanol–water partition coefficient (Wildman–Crippen LogP) is -0.119. The molecule has 0 aliphatic carbocycles. The van der Waals surface area contributed by atoms with E-state index >= 15 is 0 Å². The minimum atomic E-state index is -0.252. The summed E-state index contributed by atoms with van der Waals surface area (Å²) in [6.07, 6.45) is 3.41. The Morgan fingerprint density at radius 2 is 2.46 bits per heavy atom. The standard InChI is InChI=1S/C9H9N3O/c1-2-6-12-8-5-3-4-7-11(8)9(13)10-12/h2-5,7H,1,6H2. The molecule has 2 aromatic heterocycles. The van der Waals surface area contributed by atoms with Crippen LogP contribution in [-0.2, 0) is 6.54 Å². The van der Waals surface area contributed by atoms with Crippen molar-refractivity contribution in [3.8, 4) is 6.01 Å². The van der Waals surface area contributed by atoms with Crippen LogP contribution < -0.4 is 9.51 Å². The summed E-state index contributed by atoms with van der Waals surface area (Å²) in [7, 11) is 0. The molecule has 0 radical (unpaired) electrons. The molecule has 2 heterocycles. The highest BCUT2D eigenvalue weighted by molar-refractivity contribution is 5.29. The first-order valence-electron chi connectivity index (χ1n) is 3.98. The van der Waals surface area contributed by atoms with Crippen molar-refractivity contribution >= 4 is 5.65 Å². The molecule has 0 spiro atoms. The molecule has 66 valence electrons. The molecule has 2 rings (SSSR count). The van der Waals surface area contributed by atoms with Gasteiger partial charge in [0, 0.05) is 11.2 Å².